The van der Waals surface area contributed by atoms with E-state index in [-0.39, 0.29) is 0 Å². The number of benzene rings is 1. The topological polar surface area (TPSA) is 12.0 Å². The van der Waals surface area contributed by atoms with Crippen LogP contribution in [0, 0.1) is 17.8 Å². The van der Waals surface area contributed by atoms with E-state index in [1.165, 1.54) is 23.3 Å². The third-order valence-corrected chi connectivity index (χ3v) is 5.53. The number of rotatable bonds is 8. The van der Waals surface area contributed by atoms with Gasteiger partial charge >= 0.3 is 0 Å². The van der Waals surface area contributed by atoms with Crippen LogP contribution in [-0.4, -0.2) is 0 Å². The first kappa shape index (κ1) is 16.2. The first-order valence-corrected chi connectivity index (χ1v) is 9.24. The summed E-state index contributed by atoms with van der Waals surface area (Å²) in [5.41, 5.74) is 2.57. The fourth-order valence-corrected chi connectivity index (χ4v) is 3.88. The molecule has 1 aromatic carbocycles. The lowest BCUT2D eigenvalue weighted by Gasteiger charge is -2.17. The van der Waals surface area contributed by atoms with Crippen molar-refractivity contribution in [2.45, 2.75) is 25.7 Å². The van der Waals surface area contributed by atoms with Gasteiger partial charge in [0.1, 0.15) is 0 Å². The van der Waals surface area contributed by atoms with E-state index in [2.05, 4.69) is 66.4 Å². The van der Waals surface area contributed by atoms with Crippen LogP contribution in [0.25, 0.3) is 0 Å². The monoisotopic (exact) mass is 323 g/mol. The minimum atomic E-state index is 0.585. The molecule has 3 unspecified atom stereocenters. The number of nitrogens with one attached hydrogen (secondary N) is 1. The van der Waals surface area contributed by atoms with E-state index in [9.17, 15) is 0 Å². The van der Waals surface area contributed by atoms with Crippen LogP contribution in [0.2, 0.25) is 0 Å². The molecule has 0 aromatic heterocycles. The van der Waals surface area contributed by atoms with E-state index in [1.807, 2.05) is 6.08 Å². The maximum atomic E-state index is 4.16. The van der Waals surface area contributed by atoms with Gasteiger partial charge in [-0.1, -0.05) is 61.2 Å². The Labute approximate surface area is 144 Å². The minimum absolute atomic E-state index is 0.585. The van der Waals surface area contributed by atoms with Gasteiger partial charge < -0.3 is 4.72 Å². The number of hydrogen-bond acceptors (Lipinski definition) is 2. The molecule has 0 spiro atoms. The largest absolute Gasteiger partial charge is 0.330 e. The molecule has 3 atom stereocenters. The minimum Gasteiger partial charge on any atom is -0.330 e. The van der Waals surface area contributed by atoms with Crippen LogP contribution in [0.15, 0.2) is 78.4 Å². The average Bonchev–Trinajstić information content (AvgIpc) is 3.39. The summed E-state index contributed by atoms with van der Waals surface area (Å²) in [4.78, 5) is 1.31. The lowest BCUT2D eigenvalue weighted by Crippen LogP contribution is -2.07. The molecule has 1 aromatic rings. The second kappa shape index (κ2) is 7.74. The van der Waals surface area contributed by atoms with E-state index in [0.29, 0.717) is 17.8 Å². The molecule has 0 saturated heterocycles. The van der Waals surface area contributed by atoms with E-state index < -0.39 is 0 Å². The molecule has 120 valence electrons. The third-order valence-electron chi connectivity index (χ3n) is 4.66. The van der Waals surface area contributed by atoms with Crippen molar-refractivity contribution in [2.24, 2.45) is 17.8 Å². The zero-order valence-electron chi connectivity index (χ0n) is 13.6. The molecule has 1 saturated carbocycles. The summed E-state index contributed by atoms with van der Waals surface area (Å²) in [6.45, 7) is 8.03. The van der Waals surface area contributed by atoms with Crippen molar-refractivity contribution in [3.63, 3.8) is 0 Å². The summed E-state index contributed by atoms with van der Waals surface area (Å²) in [5, 5.41) is 0. The Hall–Kier alpha value is -1.67. The van der Waals surface area contributed by atoms with Crippen LogP contribution in [0.4, 0.5) is 0 Å². The molecule has 0 amide bonds. The predicted molar refractivity (Wildman–Crippen MR) is 102 cm³/mol. The molecule has 23 heavy (non-hydrogen) atoms. The van der Waals surface area contributed by atoms with E-state index in [0.717, 1.165) is 18.5 Å². The van der Waals surface area contributed by atoms with Crippen molar-refractivity contribution < 1.29 is 0 Å². The summed E-state index contributed by atoms with van der Waals surface area (Å²) in [7, 11) is 0. The Morgan fingerprint density at radius 3 is 2.87 bits per heavy atom. The number of hydrogen-bond donors (Lipinski definition) is 1. The molecule has 2 aliphatic carbocycles. The predicted octanol–water partition coefficient (Wildman–Crippen LogP) is 5.65. The second-order valence-corrected chi connectivity index (χ2v) is 7.34. The Kier molecular flexibility index (Phi) is 5.45. The molecular weight excluding hydrogens is 298 g/mol. The highest BCUT2D eigenvalue weighted by atomic mass is 32.2. The molecule has 3 rings (SSSR count). The van der Waals surface area contributed by atoms with E-state index in [1.54, 1.807) is 11.9 Å². The fraction of sp³-hybridized carbons (Fsp3) is 0.333. The average molecular weight is 324 g/mol. The Bertz CT molecular complexity index is 614. The number of aryl methyl sites for hydroxylation is 1. The van der Waals surface area contributed by atoms with Crippen molar-refractivity contribution in [2.75, 3.05) is 0 Å². The van der Waals surface area contributed by atoms with Crippen molar-refractivity contribution >= 4 is 11.9 Å². The molecule has 2 heteroatoms. The first-order valence-electron chi connectivity index (χ1n) is 8.42. The maximum Gasteiger partial charge on any atom is 0.0244 e. The highest BCUT2D eigenvalue weighted by Gasteiger charge is 2.36. The summed E-state index contributed by atoms with van der Waals surface area (Å²) in [6, 6.07) is 10.8. The van der Waals surface area contributed by atoms with Gasteiger partial charge in [0.15, 0.2) is 0 Å². The summed E-state index contributed by atoms with van der Waals surface area (Å²) < 4.78 is 3.43. The van der Waals surface area contributed by atoms with Gasteiger partial charge in [0.25, 0.3) is 0 Å². The second-order valence-electron chi connectivity index (χ2n) is 6.46. The first-order chi connectivity index (χ1) is 11.3. The van der Waals surface area contributed by atoms with Crippen molar-refractivity contribution in [3.8, 4) is 0 Å². The molecule has 0 bridgehead atoms. The zero-order chi connectivity index (χ0) is 16.1. The molecular formula is C21H25NS. The van der Waals surface area contributed by atoms with Gasteiger partial charge in [-0.05, 0) is 55.0 Å². The smallest absolute Gasteiger partial charge is 0.0244 e. The van der Waals surface area contributed by atoms with Gasteiger partial charge in [-0.15, -0.1) is 6.58 Å². The molecule has 0 radical (unpaired) electrons. The van der Waals surface area contributed by atoms with Crippen LogP contribution in [0.1, 0.15) is 24.8 Å². The molecule has 0 heterocycles. The quantitative estimate of drug-likeness (QED) is 0.490. The normalized spacial score (nSPS) is 25.6. The lowest BCUT2D eigenvalue weighted by molar-refractivity contribution is 0.593. The summed E-state index contributed by atoms with van der Waals surface area (Å²) in [5.74, 6) is 1.85. The third kappa shape index (κ3) is 4.65. The molecule has 2 aliphatic rings. The van der Waals surface area contributed by atoms with E-state index in [4.69, 9.17) is 0 Å². The Morgan fingerprint density at radius 2 is 2.13 bits per heavy atom. The van der Waals surface area contributed by atoms with Gasteiger partial charge in [-0.25, -0.2) is 0 Å². The van der Waals surface area contributed by atoms with Gasteiger partial charge in [-0.3, -0.25) is 0 Å². The van der Waals surface area contributed by atoms with Crippen LogP contribution in [0.5, 0.6) is 0 Å². The SMILES string of the molecule is C=CC1CC1C(=C)NSC1=CC(CCc2ccccc2)CC=C1. The van der Waals surface area contributed by atoms with Crippen molar-refractivity contribution in [3.05, 3.63) is 84.0 Å². The Balaban J connectivity index is 1.46. The van der Waals surface area contributed by atoms with Gasteiger partial charge in [0.05, 0.1) is 0 Å². The number of allylic oxidation sites excluding steroid dienone is 5. The van der Waals surface area contributed by atoms with Gasteiger partial charge in [-0.2, -0.15) is 0 Å². The highest BCUT2D eigenvalue weighted by Crippen LogP contribution is 2.44. The molecule has 1 nitrogen and oxygen atoms in total. The maximum absolute atomic E-state index is 4.16. The van der Waals surface area contributed by atoms with Crippen LogP contribution < -0.4 is 4.72 Å². The van der Waals surface area contributed by atoms with Crippen molar-refractivity contribution in [1.82, 2.24) is 4.72 Å². The van der Waals surface area contributed by atoms with Gasteiger partial charge in [0, 0.05) is 16.5 Å². The zero-order valence-corrected chi connectivity index (χ0v) is 14.4. The lowest BCUT2D eigenvalue weighted by atomic mass is 9.93. The van der Waals surface area contributed by atoms with Crippen molar-refractivity contribution in [1.29, 1.82) is 0 Å². The Morgan fingerprint density at radius 1 is 1.30 bits per heavy atom. The summed E-state index contributed by atoms with van der Waals surface area (Å²) in [6.07, 6.45) is 13.7. The fourth-order valence-electron chi connectivity index (χ4n) is 3.06. The summed E-state index contributed by atoms with van der Waals surface area (Å²) >= 11 is 1.70. The van der Waals surface area contributed by atoms with E-state index >= 15 is 0 Å². The van der Waals surface area contributed by atoms with Crippen LogP contribution in [-0.2, 0) is 6.42 Å². The van der Waals surface area contributed by atoms with Crippen LogP contribution >= 0.6 is 11.9 Å². The van der Waals surface area contributed by atoms with Gasteiger partial charge in [0.2, 0.25) is 0 Å². The molecule has 1 N–H and O–H groups in total. The molecule has 0 aliphatic heterocycles. The van der Waals surface area contributed by atoms with Crippen LogP contribution in [0.3, 0.4) is 0 Å². The standard InChI is InChI=1S/C21H25NS/c1-3-19-15-21(19)16(2)22-23-20-11-7-10-18(14-20)13-12-17-8-5-4-6-9-17/h3-9,11,14,18-19,21-22H,1-2,10,12-13,15H2. The highest BCUT2D eigenvalue weighted by molar-refractivity contribution is 8.01. The molecule has 1 fully saturated rings.